The number of benzene rings is 2. The SMILES string of the molecule is O=C(O)CCNC(=O)C(CNC(=O)OCC1c2ccccc2-c2ccccc21)CC1CC1. The zero-order chi connectivity index (χ0) is 22.5. The predicted octanol–water partition coefficient (Wildman–Crippen LogP) is 3.53. The maximum atomic E-state index is 12.4. The van der Waals surface area contributed by atoms with Crippen LogP contribution in [0, 0.1) is 11.8 Å². The van der Waals surface area contributed by atoms with Crippen molar-refractivity contribution in [2.24, 2.45) is 11.8 Å². The molecule has 7 nitrogen and oxygen atoms in total. The van der Waals surface area contributed by atoms with Crippen molar-refractivity contribution in [1.82, 2.24) is 10.6 Å². The summed E-state index contributed by atoms with van der Waals surface area (Å²) in [5, 5.41) is 14.1. The molecule has 0 spiro atoms. The van der Waals surface area contributed by atoms with Crippen LogP contribution in [0.4, 0.5) is 4.79 Å². The molecule has 2 amide bonds. The lowest BCUT2D eigenvalue weighted by Crippen LogP contribution is -2.40. The molecule has 2 aromatic rings. The summed E-state index contributed by atoms with van der Waals surface area (Å²) in [4.78, 5) is 35.5. The average molecular weight is 437 g/mol. The molecule has 3 N–H and O–H groups in total. The van der Waals surface area contributed by atoms with Crippen LogP contribution in [0.1, 0.15) is 42.7 Å². The number of alkyl carbamates (subject to hydrolysis) is 1. The molecule has 0 aromatic heterocycles. The Bertz CT molecular complexity index is 956. The third-order valence-corrected chi connectivity index (χ3v) is 6.16. The molecule has 7 heteroatoms. The smallest absolute Gasteiger partial charge is 0.407 e. The third kappa shape index (κ3) is 5.28. The second-order valence-corrected chi connectivity index (χ2v) is 8.52. The van der Waals surface area contributed by atoms with E-state index in [-0.39, 0.29) is 37.9 Å². The number of ether oxygens (including phenoxy) is 1. The fourth-order valence-corrected chi connectivity index (χ4v) is 4.33. The topological polar surface area (TPSA) is 105 Å². The zero-order valence-corrected chi connectivity index (χ0v) is 17.9. The molecule has 1 fully saturated rings. The van der Waals surface area contributed by atoms with Gasteiger partial charge in [0.15, 0.2) is 0 Å². The molecule has 0 aliphatic heterocycles. The third-order valence-electron chi connectivity index (χ3n) is 6.16. The molecular formula is C25H28N2O5. The number of fused-ring (bicyclic) bond motifs is 3. The Morgan fingerprint density at radius 2 is 1.59 bits per heavy atom. The van der Waals surface area contributed by atoms with Gasteiger partial charge in [-0.1, -0.05) is 61.4 Å². The number of aliphatic carboxylic acids is 1. The Hall–Kier alpha value is -3.35. The minimum absolute atomic E-state index is 0.0188. The van der Waals surface area contributed by atoms with Crippen molar-refractivity contribution >= 4 is 18.0 Å². The van der Waals surface area contributed by atoms with Gasteiger partial charge in [-0.2, -0.15) is 0 Å². The van der Waals surface area contributed by atoms with Crippen molar-refractivity contribution in [1.29, 1.82) is 0 Å². The van der Waals surface area contributed by atoms with Crippen LogP contribution < -0.4 is 10.6 Å². The van der Waals surface area contributed by atoms with Crippen molar-refractivity contribution in [2.75, 3.05) is 19.7 Å². The number of carboxylic acids is 1. The largest absolute Gasteiger partial charge is 0.481 e. The van der Waals surface area contributed by atoms with Crippen molar-refractivity contribution in [3.8, 4) is 11.1 Å². The van der Waals surface area contributed by atoms with E-state index in [1.165, 1.54) is 11.1 Å². The number of nitrogens with one attached hydrogen (secondary N) is 2. The second-order valence-electron chi connectivity index (χ2n) is 8.52. The van der Waals surface area contributed by atoms with Crippen LogP contribution in [-0.4, -0.2) is 42.8 Å². The van der Waals surface area contributed by atoms with E-state index < -0.39 is 18.0 Å². The van der Waals surface area contributed by atoms with Crippen LogP contribution in [0.3, 0.4) is 0 Å². The van der Waals surface area contributed by atoms with E-state index in [1.807, 2.05) is 24.3 Å². The summed E-state index contributed by atoms with van der Waals surface area (Å²) in [6.45, 7) is 0.477. The molecule has 2 aliphatic carbocycles. The number of carbonyl (C=O) groups is 3. The van der Waals surface area contributed by atoms with Gasteiger partial charge >= 0.3 is 12.1 Å². The first-order valence-corrected chi connectivity index (χ1v) is 11.1. The van der Waals surface area contributed by atoms with Gasteiger partial charge in [0.05, 0.1) is 12.3 Å². The van der Waals surface area contributed by atoms with E-state index in [1.54, 1.807) is 0 Å². The van der Waals surface area contributed by atoms with Gasteiger partial charge in [0.25, 0.3) is 0 Å². The lowest BCUT2D eigenvalue weighted by atomic mass is 9.98. The maximum absolute atomic E-state index is 12.4. The first-order chi connectivity index (χ1) is 15.5. The van der Waals surface area contributed by atoms with Crippen LogP contribution in [-0.2, 0) is 14.3 Å². The van der Waals surface area contributed by atoms with E-state index in [0.29, 0.717) is 12.3 Å². The molecule has 1 saturated carbocycles. The Kier molecular flexibility index (Phi) is 6.73. The molecule has 1 unspecified atom stereocenters. The highest BCUT2D eigenvalue weighted by Gasteiger charge is 2.31. The minimum atomic E-state index is -0.958. The highest BCUT2D eigenvalue weighted by molar-refractivity contribution is 5.81. The summed E-state index contributed by atoms with van der Waals surface area (Å²) in [5.41, 5.74) is 4.62. The van der Waals surface area contributed by atoms with E-state index in [0.717, 1.165) is 24.0 Å². The summed E-state index contributed by atoms with van der Waals surface area (Å²) >= 11 is 0. The molecule has 4 rings (SSSR count). The van der Waals surface area contributed by atoms with Crippen molar-refractivity contribution in [2.45, 2.75) is 31.6 Å². The van der Waals surface area contributed by atoms with E-state index in [2.05, 4.69) is 34.9 Å². The molecule has 2 aliphatic rings. The summed E-state index contributed by atoms with van der Waals surface area (Å²) in [6.07, 6.45) is 2.18. The molecule has 168 valence electrons. The Morgan fingerprint density at radius 1 is 0.969 bits per heavy atom. The first-order valence-electron chi connectivity index (χ1n) is 11.1. The fraction of sp³-hybridized carbons (Fsp3) is 0.400. The lowest BCUT2D eigenvalue weighted by molar-refractivity contribution is -0.137. The standard InChI is InChI=1S/C25H28N2O5/c28-23(29)11-12-26-24(30)17(13-16-9-10-16)14-27-25(31)32-15-22-20-7-3-1-5-18(20)19-6-2-4-8-21(19)22/h1-8,16-17,22H,9-15H2,(H,26,30)(H,27,31)(H,28,29). The number of carboxylic acid groups (broad SMARTS) is 1. The van der Waals surface area contributed by atoms with Crippen molar-refractivity contribution < 1.29 is 24.2 Å². The Morgan fingerprint density at radius 3 is 2.19 bits per heavy atom. The predicted molar refractivity (Wildman–Crippen MR) is 119 cm³/mol. The molecule has 2 aromatic carbocycles. The molecule has 0 heterocycles. The normalized spacial score (nSPS) is 15.4. The first kappa shape index (κ1) is 21.9. The van der Waals surface area contributed by atoms with Crippen LogP contribution in [0.15, 0.2) is 48.5 Å². The van der Waals surface area contributed by atoms with Gasteiger partial charge in [-0.25, -0.2) is 4.79 Å². The van der Waals surface area contributed by atoms with Crippen LogP contribution >= 0.6 is 0 Å². The van der Waals surface area contributed by atoms with Gasteiger partial charge in [-0.3, -0.25) is 9.59 Å². The summed E-state index contributed by atoms with van der Waals surface area (Å²) in [7, 11) is 0. The quantitative estimate of drug-likeness (QED) is 0.528. The number of hydrogen-bond acceptors (Lipinski definition) is 4. The summed E-state index contributed by atoms with van der Waals surface area (Å²) in [5.74, 6) is -1.10. The Balaban J connectivity index is 1.31. The minimum Gasteiger partial charge on any atom is -0.481 e. The van der Waals surface area contributed by atoms with Gasteiger partial charge in [-0.15, -0.1) is 0 Å². The highest BCUT2D eigenvalue weighted by Crippen LogP contribution is 2.44. The van der Waals surface area contributed by atoms with Gasteiger partial charge < -0.3 is 20.5 Å². The monoisotopic (exact) mass is 436 g/mol. The molecule has 0 bridgehead atoms. The summed E-state index contributed by atoms with van der Waals surface area (Å²) < 4.78 is 5.54. The van der Waals surface area contributed by atoms with Gasteiger partial charge in [-0.05, 0) is 34.6 Å². The number of hydrogen-bond donors (Lipinski definition) is 3. The molecule has 0 saturated heterocycles. The summed E-state index contributed by atoms with van der Waals surface area (Å²) in [6, 6.07) is 16.3. The molecule has 1 atom stereocenters. The van der Waals surface area contributed by atoms with Crippen LogP contribution in [0.5, 0.6) is 0 Å². The van der Waals surface area contributed by atoms with Crippen molar-refractivity contribution in [3.63, 3.8) is 0 Å². The van der Waals surface area contributed by atoms with E-state index >= 15 is 0 Å². The maximum Gasteiger partial charge on any atom is 0.407 e. The lowest BCUT2D eigenvalue weighted by Gasteiger charge is -2.18. The average Bonchev–Trinajstić information content (AvgIpc) is 3.55. The molecular weight excluding hydrogens is 408 g/mol. The second kappa shape index (κ2) is 9.85. The van der Waals surface area contributed by atoms with Crippen molar-refractivity contribution in [3.05, 3.63) is 59.7 Å². The van der Waals surface area contributed by atoms with Gasteiger partial charge in [0.1, 0.15) is 6.61 Å². The van der Waals surface area contributed by atoms with Crippen LogP contribution in [0.25, 0.3) is 11.1 Å². The van der Waals surface area contributed by atoms with E-state index in [4.69, 9.17) is 9.84 Å². The molecule has 32 heavy (non-hydrogen) atoms. The fourth-order valence-electron chi connectivity index (χ4n) is 4.33. The number of carbonyl (C=O) groups excluding carboxylic acids is 2. The number of amides is 2. The highest BCUT2D eigenvalue weighted by atomic mass is 16.5. The molecule has 0 radical (unpaired) electrons. The van der Waals surface area contributed by atoms with E-state index in [9.17, 15) is 14.4 Å². The van der Waals surface area contributed by atoms with Crippen LogP contribution in [0.2, 0.25) is 0 Å². The van der Waals surface area contributed by atoms with Gasteiger partial charge in [0, 0.05) is 19.0 Å². The zero-order valence-electron chi connectivity index (χ0n) is 17.9. The van der Waals surface area contributed by atoms with Gasteiger partial charge in [0.2, 0.25) is 5.91 Å². The number of rotatable bonds is 10. The Labute approximate surface area is 187 Å².